The normalized spacial score (nSPS) is 15.8. The summed E-state index contributed by atoms with van der Waals surface area (Å²) < 4.78 is 5.78. The number of likely N-dealkylation sites (tertiary alicyclic amines) is 1. The Labute approximate surface area is 210 Å². The van der Waals surface area contributed by atoms with Crippen molar-refractivity contribution in [2.24, 2.45) is 0 Å². The van der Waals surface area contributed by atoms with Crippen molar-refractivity contribution < 1.29 is 14.0 Å². The minimum absolute atomic E-state index is 0.289. The van der Waals surface area contributed by atoms with Crippen LogP contribution in [0.1, 0.15) is 99.3 Å². The lowest BCUT2D eigenvalue weighted by Gasteiger charge is -2.28. The maximum absolute atomic E-state index is 10.0. The lowest BCUT2D eigenvalue weighted by atomic mass is 10.2. The molecule has 0 saturated carbocycles. The Bertz CT molecular complexity index is 370. The van der Waals surface area contributed by atoms with Crippen LogP contribution in [0.25, 0.3) is 0 Å². The number of nitrogens with zero attached hydrogens (tertiary/aromatic N) is 3. The summed E-state index contributed by atoms with van der Waals surface area (Å²) in [5.74, 6) is 0.289. The number of ketones is 1. The number of carbonyl (C=O) groups excluding carboxylic acids is 1. The van der Waals surface area contributed by atoms with Crippen molar-refractivity contribution in [3.05, 3.63) is 0 Å². The molecule has 1 atom stereocenters. The third-order valence-electron chi connectivity index (χ3n) is 5.61. The zero-order valence-electron chi connectivity index (χ0n) is 25.4. The van der Waals surface area contributed by atoms with Crippen molar-refractivity contribution in [1.29, 1.82) is 0 Å². The second kappa shape index (κ2) is 29.5. The van der Waals surface area contributed by atoms with Gasteiger partial charge in [-0.3, -0.25) is 0 Å². The van der Waals surface area contributed by atoms with E-state index in [0.29, 0.717) is 0 Å². The Morgan fingerprint density at radius 1 is 0.879 bits per heavy atom. The molecule has 0 aromatic carbocycles. The first-order valence-electron chi connectivity index (χ1n) is 13.5. The van der Waals surface area contributed by atoms with Gasteiger partial charge in [-0.1, -0.05) is 40.0 Å². The molecule has 0 spiro atoms. The predicted octanol–water partition coefficient (Wildman–Crippen LogP) is 6.36. The Kier molecular flexibility index (Phi) is 35.6. The molecular weight excluding hydrogens is 410 g/mol. The Hall–Kier alpha value is -0.490. The van der Waals surface area contributed by atoms with Gasteiger partial charge in [-0.05, 0) is 81.3 Å². The summed E-state index contributed by atoms with van der Waals surface area (Å²) in [5.41, 5.74) is 0. The van der Waals surface area contributed by atoms with Crippen LogP contribution in [0, 0.1) is 0 Å². The molecule has 1 rings (SSSR count). The molecular formula is C28H66N3O2+. The van der Waals surface area contributed by atoms with E-state index in [1.54, 1.807) is 14.0 Å². The minimum Gasteiger partial charge on any atom is -0.385 e. The van der Waals surface area contributed by atoms with Crippen molar-refractivity contribution in [2.45, 2.75) is 105 Å². The molecule has 0 aromatic rings. The second-order valence-corrected chi connectivity index (χ2v) is 10.2. The highest BCUT2D eigenvalue weighted by Gasteiger charge is 2.29. The van der Waals surface area contributed by atoms with Crippen LogP contribution in [-0.4, -0.2) is 102 Å². The van der Waals surface area contributed by atoms with Crippen LogP contribution in [0.2, 0.25) is 0 Å². The Balaban J connectivity index is -0.000000162. The zero-order chi connectivity index (χ0) is 26.7. The number of unbranched alkanes of at least 4 members (excludes halogenated alkanes) is 3. The summed E-state index contributed by atoms with van der Waals surface area (Å²) in [4.78, 5) is 14.5. The van der Waals surface area contributed by atoms with E-state index >= 15 is 0 Å². The molecule has 1 saturated heterocycles. The first kappa shape index (κ1) is 39.7. The number of quaternary nitrogens is 1. The van der Waals surface area contributed by atoms with Gasteiger partial charge in [-0.15, -0.1) is 0 Å². The molecule has 1 aliphatic rings. The van der Waals surface area contributed by atoms with E-state index in [4.69, 9.17) is 0 Å². The van der Waals surface area contributed by atoms with Crippen LogP contribution in [0.15, 0.2) is 0 Å². The van der Waals surface area contributed by atoms with E-state index in [-0.39, 0.29) is 5.78 Å². The Morgan fingerprint density at radius 3 is 1.48 bits per heavy atom. The van der Waals surface area contributed by atoms with E-state index in [0.717, 1.165) is 25.5 Å². The predicted molar refractivity (Wildman–Crippen MR) is 150 cm³/mol. The van der Waals surface area contributed by atoms with Gasteiger partial charge in [0.2, 0.25) is 0 Å². The third kappa shape index (κ3) is 42.2. The quantitative estimate of drug-likeness (QED) is 0.271. The van der Waals surface area contributed by atoms with Crippen molar-refractivity contribution in [3.63, 3.8) is 0 Å². The summed E-state index contributed by atoms with van der Waals surface area (Å²) in [7, 11) is 14.8. The first-order chi connectivity index (χ1) is 15.4. The highest BCUT2D eigenvalue weighted by atomic mass is 16.5. The van der Waals surface area contributed by atoms with Crippen molar-refractivity contribution in [1.82, 2.24) is 9.80 Å². The van der Waals surface area contributed by atoms with Gasteiger partial charge in [0, 0.05) is 33.0 Å². The van der Waals surface area contributed by atoms with E-state index in [9.17, 15) is 4.79 Å². The van der Waals surface area contributed by atoms with Gasteiger partial charge in [0.05, 0.1) is 26.7 Å². The van der Waals surface area contributed by atoms with Crippen molar-refractivity contribution in [2.75, 3.05) is 75.6 Å². The van der Waals surface area contributed by atoms with E-state index in [1.807, 2.05) is 13.8 Å². The highest BCUT2D eigenvalue weighted by Crippen LogP contribution is 2.20. The average molecular weight is 477 g/mol. The summed E-state index contributed by atoms with van der Waals surface area (Å²) in [6, 6.07) is 0.898. The summed E-state index contributed by atoms with van der Waals surface area (Å²) in [5, 5.41) is 0. The molecule has 5 heteroatoms. The average Bonchev–Trinajstić information content (AvgIpc) is 3.04. The smallest absolute Gasteiger partial charge is 0.129 e. The fourth-order valence-corrected chi connectivity index (χ4v) is 2.87. The minimum atomic E-state index is 0.289. The van der Waals surface area contributed by atoms with Gasteiger partial charge >= 0.3 is 0 Å². The number of Topliss-reactive ketones (excluding diaryl/α,β-unsaturated/α-hetero) is 1. The zero-order valence-corrected chi connectivity index (χ0v) is 25.4. The molecule has 0 amide bonds. The van der Waals surface area contributed by atoms with Crippen LogP contribution in [0.5, 0.6) is 0 Å². The summed E-state index contributed by atoms with van der Waals surface area (Å²) in [6.45, 7) is 17.0. The number of ether oxygens (including phenoxy) is 1. The van der Waals surface area contributed by atoms with Crippen LogP contribution < -0.4 is 0 Å². The largest absolute Gasteiger partial charge is 0.385 e. The van der Waals surface area contributed by atoms with Crippen LogP contribution in [0.3, 0.4) is 0 Å². The molecule has 5 nitrogen and oxygen atoms in total. The molecule has 0 radical (unpaired) electrons. The van der Waals surface area contributed by atoms with Gasteiger partial charge in [-0.25, -0.2) is 0 Å². The number of rotatable bonds is 10. The molecule has 1 aliphatic heterocycles. The molecule has 204 valence electrons. The topological polar surface area (TPSA) is 32.8 Å². The monoisotopic (exact) mass is 477 g/mol. The SMILES string of the molecule is CCCC(C)=O.CCCCCN(C)C.CCCCN(C)C.CCOC.C[C@@H]1CCC[N+]1(C)C. The maximum atomic E-state index is 10.0. The van der Waals surface area contributed by atoms with Gasteiger partial charge in [0.15, 0.2) is 0 Å². The van der Waals surface area contributed by atoms with Crippen LogP contribution >= 0.6 is 0 Å². The lowest BCUT2D eigenvalue weighted by Crippen LogP contribution is -2.41. The van der Waals surface area contributed by atoms with Crippen LogP contribution in [-0.2, 0) is 9.53 Å². The van der Waals surface area contributed by atoms with Gasteiger partial charge in [0.25, 0.3) is 0 Å². The van der Waals surface area contributed by atoms with Gasteiger partial charge in [-0.2, -0.15) is 0 Å². The fourth-order valence-electron chi connectivity index (χ4n) is 2.87. The van der Waals surface area contributed by atoms with E-state index < -0.39 is 0 Å². The second-order valence-electron chi connectivity index (χ2n) is 10.2. The number of methoxy groups -OCH3 is 1. The number of hydrogen-bond acceptors (Lipinski definition) is 4. The number of carbonyl (C=O) groups is 1. The van der Waals surface area contributed by atoms with Crippen molar-refractivity contribution in [3.8, 4) is 0 Å². The fraction of sp³-hybridized carbons (Fsp3) is 0.964. The first-order valence-corrected chi connectivity index (χ1v) is 13.5. The molecule has 33 heavy (non-hydrogen) atoms. The lowest BCUT2D eigenvalue weighted by molar-refractivity contribution is -0.900. The summed E-state index contributed by atoms with van der Waals surface area (Å²) >= 11 is 0. The Morgan fingerprint density at radius 2 is 1.33 bits per heavy atom. The molecule has 0 bridgehead atoms. The van der Waals surface area contributed by atoms with Gasteiger partial charge in [0.1, 0.15) is 5.78 Å². The molecule has 0 aromatic heterocycles. The number of hydrogen-bond donors (Lipinski definition) is 0. The molecule has 0 N–H and O–H groups in total. The molecule has 0 aliphatic carbocycles. The maximum Gasteiger partial charge on any atom is 0.129 e. The van der Waals surface area contributed by atoms with E-state index in [2.05, 4.69) is 77.6 Å². The standard InChI is InChI=1S/C7H16N.C7H17N.C6H15N.C5H10O.C3H8O/c1-7-5-4-6-8(7,2)3;1-4-5-6-7-8(2)3;1-4-5-6-7(2)3;1-3-4-5(2)6;1-3-4-2/h7H,4-6H2,1-3H3;4-7H2,1-3H3;4-6H2,1-3H3;3-4H2,1-2H3;3H2,1-2H3/q+1;;;;/t7-;;;;/m1..../s1. The summed E-state index contributed by atoms with van der Waals surface area (Å²) in [6.07, 6.45) is 11.2. The molecule has 1 heterocycles. The van der Waals surface area contributed by atoms with Crippen LogP contribution in [0.4, 0.5) is 0 Å². The van der Waals surface area contributed by atoms with Crippen molar-refractivity contribution >= 4 is 5.78 Å². The van der Waals surface area contributed by atoms with Gasteiger partial charge < -0.3 is 23.8 Å². The highest BCUT2D eigenvalue weighted by molar-refractivity contribution is 5.75. The van der Waals surface area contributed by atoms with E-state index in [1.165, 1.54) is 69.1 Å². The third-order valence-corrected chi connectivity index (χ3v) is 5.61. The molecule has 1 fully saturated rings. The molecule has 0 unspecified atom stereocenters.